The number of H-pyrrole nitrogens is 1. The van der Waals surface area contributed by atoms with E-state index >= 15 is 0 Å². The van der Waals surface area contributed by atoms with Crippen LogP contribution in [-0.2, 0) is 4.74 Å². The molecule has 0 aliphatic carbocycles. The van der Waals surface area contributed by atoms with Crippen LogP contribution in [0.2, 0.25) is 0 Å². The van der Waals surface area contributed by atoms with Gasteiger partial charge in [0.15, 0.2) is 5.82 Å². The van der Waals surface area contributed by atoms with E-state index in [0.717, 1.165) is 13.0 Å². The van der Waals surface area contributed by atoms with Crippen molar-refractivity contribution in [2.24, 2.45) is 5.92 Å². The van der Waals surface area contributed by atoms with Gasteiger partial charge in [-0.2, -0.15) is 5.10 Å². The summed E-state index contributed by atoms with van der Waals surface area (Å²) >= 11 is 0. The molecule has 0 saturated heterocycles. The van der Waals surface area contributed by atoms with Gasteiger partial charge in [0, 0.05) is 18.8 Å². The number of hydrogen-bond donors (Lipinski definition) is 3. The van der Waals surface area contributed by atoms with Gasteiger partial charge >= 0.3 is 0 Å². The number of aryl methyl sites for hydroxylation is 1. The van der Waals surface area contributed by atoms with Crippen molar-refractivity contribution in [3.05, 3.63) is 11.3 Å². The number of ether oxygens (including phenoxy) is 1. The summed E-state index contributed by atoms with van der Waals surface area (Å²) in [6.45, 7) is 7.76. The highest BCUT2D eigenvalue weighted by Gasteiger charge is 2.15. The van der Waals surface area contributed by atoms with Crippen LogP contribution in [0.15, 0.2) is 0 Å². The van der Waals surface area contributed by atoms with Gasteiger partial charge in [0.1, 0.15) is 5.56 Å². The summed E-state index contributed by atoms with van der Waals surface area (Å²) < 4.78 is 5.40. The summed E-state index contributed by atoms with van der Waals surface area (Å²) in [4.78, 5) is 11.8. The van der Waals surface area contributed by atoms with Gasteiger partial charge in [-0.3, -0.25) is 9.89 Å². The minimum absolute atomic E-state index is 0.216. The fourth-order valence-electron chi connectivity index (χ4n) is 1.48. The molecule has 0 spiro atoms. The summed E-state index contributed by atoms with van der Waals surface area (Å²) in [5, 5.41) is 9.20. The number of nitrogens with zero attached hydrogens (tertiary/aromatic N) is 1. The second kappa shape index (κ2) is 7.00. The molecule has 6 nitrogen and oxygen atoms in total. The van der Waals surface area contributed by atoms with E-state index in [1.807, 2.05) is 0 Å². The van der Waals surface area contributed by atoms with Crippen LogP contribution in [0.1, 0.15) is 36.3 Å². The smallest absolute Gasteiger partial charge is 0.257 e. The summed E-state index contributed by atoms with van der Waals surface area (Å²) in [5.41, 5.74) is 6.68. The number of carbonyl (C=O) groups excluding carboxylic acids is 1. The molecule has 1 aromatic rings. The van der Waals surface area contributed by atoms with Crippen LogP contribution in [0.25, 0.3) is 0 Å². The third-order valence-electron chi connectivity index (χ3n) is 2.57. The second-order valence-electron chi connectivity index (χ2n) is 4.66. The van der Waals surface area contributed by atoms with E-state index in [1.54, 1.807) is 6.92 Å². The standard InChI is InChI=1S/C12H22N4O2/c1-8(2)4-6-18-7-5-14-12(17)10-9(3)15-16-11(10)13/h8H,4-7H2,1-3H3,(H,14,17)(H3,13,15,16). The van der Waals surface area contributed by atoms with Crippen LogP contribution in [0.5, 0.6) is 0 Å². The number of hydrogen-bond acceptors (Lipinski definition) is 4. The van der Waals surface area contributed by atoms with E-state index in [-0.39, 0.29) is 11.7 Å². The Morgan fingerprint density at radius 3 is 2.78 bits per heavy atom. The molecule has 102 valence electrons. The number of aromatic amines is 1. The van der Waals surface area contributed by atoms with E-state index < -0.39 is 0 Å². The first-order valence-electron chi connectivity index (χ1n) is 6.18. The molecule has 18 heavy (non-hydrogen) atoms. The number of nitrogens with two attached hydrogens (primary N) is 1. The fourth-order valence-corrected chi connectivity index (χ4v) is 1.48. The second-order valence-corrected chi connectivity index (χ2v) is 4.66. The number of nitrogens with one attached hydrogen (secondary N) is 2. The van der Waals surface area contributed by atoms with Crippen molar-refractivity contribution in [3.63, 3.8) is 0 Å². The van der Waals surface area contributed by atoms with Crippen molar-refractivity contribution in [1.29, 1.82) is 0 Å². The Labute approximate surface area is 107 Å². The van der Waals surface area contributed by atoms with E-state index in [0.29, 0.717) is 30.3 Å². The molecule has 0 radical (unpaired) electrons. The van der Waals surface area contributed by atoms with Gasteiger partial charge in [-0.15, -0.1) is 0 Å². The third kappa shape index (κ3) is 4.37. The molecule has 1 amide bonds. The molecule has 0 fully saturated rings. The van der Waals surface area contributed by atoms with Gasteiger partial charge in [0.25, 0.3) is 5.91 Å². The highest BCUT2D eigenvalue weighted by Crippen LogP contribution is 2.11. The maximum absolute atomic E-state index is 11.8. The molecular formula is C12H22N4O2. The molecule has 0 atom stereocenters. The highest BCUT2D eigenvalue weighted by molar-refractivity contribution is 5.99. The molecular weight excluding hydrogens is 232 g/mol. The van der Waals surface area contributed by atoms with Gasteiger partial charge < -0.3 is 15.8 Å². The van der Waals surface area contributed by atoms with Crippen LogP contribution in [0.4, 0.5) is 5.82 Å². The van der Waals surface area contributed by atoms with Crippen molar-refractivity contribution in [2.45, 2.75) is 27.2 Å². The molecule has 1 rings (SSSR count). The zero-order valence-electron chi connectivity index (χ0n) is 11.2. The first-order chi connectivity index (χ1) is 8.52. The molecule has 1 heterocycles. The zero-order valence-corrected chi connectivity index (χ0v) is 11.2. The molecule has 0 aliphatic heterocycles. The lowest BCUT2D eigenvalue weighted by Gasteiger charge is -2.07. The predicted octanol–water partition coefficient (Wildman–Crippen LogP) is 1.09. The van der Waals surface area contributed by atoms with Crippen LogP contribution >= 0.6 is 0 Å². The monoisotopic (exact) mass is 254 g/mol. The van der Waals surface area contributed by atoms with Crippen molar-refractivity contribution in [2.75, 3.05) is 25.5 Å². The zero-order chi connectivity index (χ0) is 13.5. The Kier molecular flexibility index (Phi) is 5.64. The van der Waals surface area contributed by atoms with Gasteiger partial charge in [-0.1, -0.05) is 13.8 Å². The number of amides is 1. The largest absolute Gasteiger partial charge is 0.382 e. The Hall–Kier alpha value is -1.56. The maximum atomic E-state index is 11.8. The Morgan fingerprint density at radius 1 is 1.50 bits per heavy atom. The summed E-state index contributed by atoms with van der Waals surface area (Å²) in [6.07, 6.45) is 1.03. The molecule has 0 unspecified atom stereocenters. The molecule has 1 aromatic heterocycles. The van der Waals surface area contributed by atoms with Gasteiger partial charge in [0.05, 0.1) is 6.61 Å². The number of nitrogen functional groups attached to an aromatic ring is 1. The lowest BCUT2D eigenvalue weighted by Crippen LogP contribution is -2.28. The lowest BCUT2D eigenvalue weighted by atomic mass is 10.1. The normalized spacial score (nSPS) is 10.9. The van der Waals surface area contributed by atoms with Gasteiger partial charge in [-0.25, -0.2) is 0 Å². The van der Waals surface area contributed by atoms with Crippen LogP contribution in [0, 0.1) is 12.8 Å². The fraction of sp³-hybridized carbons (Fsp3) is 0.667. The quantitative estimate of drug-likeness (QED) is 0.635. The third-order valence-corrected chi connectivity index (χ3v) is 2.57. The van der Waals surface area contributed by atoms with Crippen LogP contribution < -0.4 is 11.1 Å². The minimum atomic E-state index is -0.216. The number of anilines is 1. The van der Waals surface area contributed by atoms with Gasteiger partial charge in [-0.05, 0) is 19.3 Å². The van der Waals surface area contributed by atoms with Crippen LogP contribution in [0.3, 0.4) is 0 Å². The molecule has 0 saturated carbocycles. The minimum Gasteiger partial charge on any atom is -0.382 e. The number of carbonyl (C=O) groups is 1. The number of rotatable bonds is 7. The summed E-state index contributed by atoms with van der Waals surface area (Å²) in [5.74, 6) is 0.643. The Bertz CT molecular complexity index is 368. The SMILES string of the molecule is Cc1[nH]nc(N)c1C(=O)NCCOCCC(C)C. The predicted molar refractivity (Wildman–Crippen MR) is 70.3 cm³/mol. The van der Waals surface area contributed by atoms with E-state index in [2.05, 4.69) is 29.4 Å². The summed E-state index contributed by atoms with van der Waals surface area (Å²) in [6, 6.07) is 0. The van der Waals surface area contributed by atoms with Crippen LogP contribution in [-0.4, -0.2) is 35.9 Å². The van der Waals surface area contributed by atoms with E-state index in [1.165, 1.54) is 0 Å². The Balaban J connectivity index is 2.22. The average molecular weight is 254 g/mol. The van der Waals surface area contributed by atoms with Crippen molar-refractivity contribution < 1.29 is 9.53 Å². The Morgan fingerprint density at radius 2 is 2.22 bits per heavy atom. The molecule has 0 aromatic carbocycles. The molecule has 6 heteroatoms. The molecule has 0 aliphatic rings. The first kappa shape index (κ1) is 14.5. The number of aromatic nitrogens is 2. The average Bonchev–Trinajstić information content (AvgIpc) is 2.63. The van der Waals surface area contributed by atoms with Crippen molar-refractivity contribution >= 4 is 11.7 Å². The summed E-state index contributed by atoms with van der Waals surface area (Å²) in [7, 11) is 0. The van der Waals surface area contributed by atoms with Crippen molar-refractivity contribution in [1.82, 2.24) is 15.5 Å². The van der Waals surface area contributed by atoms with E-state index in [4.69, 9.17) is 10.5 Å². The van der Waals surface area contributed by atoms with E-state index in [9.17, 15) is 4.79 Å². The maximum Gasteiger partial charge on any atom is 0.257 e. The highest BCUT2D eigenvalue weighted by atomic mass is 16.5. The van der Waals surface area contributed by atoms with Gasteiger partial charge in [0.2, 0.25) is 0 Å². The first-order valence-corrected chi connectivity index (χ1v) is 6.18. The molecule has 0 bridgehead atoms. The molecule has 4 N–H and O–H groups in total. The topological polar surface area (TPSA) is 93.0 Å². The van der Waals surface area contributed by atoms with Crippen molar-refractivity contribution in [3.8, 4) is 0 Å². The lowest BCUT2D eigenvalue weighted by molar-refractivity contribution is 0.0906.